The quantitative estimate of drug-likeness (QED) is 0.0929. The molecule has 5 amide bonds. The van der Waals surface area contributed by atoms with Crippen molar-refractivity contribution < 1.29 is 43.8 Å². The highest BCUT2D eigenvalue weighted by Crippen LogP contribution is 2.20. The number of nitrogens with two attached hydrogens (primary N) is 1. The number of carbonyl (C=O) groups is 7. The Morgan fingerprint density at radius 1 is 1.02 bits per heavy atom. The smallest absolute Gasteiger partial charge is 0.322 e. The molecule has 0 spiro atoms. The minimum absolute atomic E-state index is 0.00521. The van der Waals surface area contributed by atoms with E-state index in [9.17, 15) is 33.6 Å². The lowest BCUT2D eigenvalue weighted by Crippen LogP contribution is -2.58. The van der Waals surface area contributed by atoms with E-state index >= 15 is 0 Å². The van der Waals surface area contributed by atoms with Crippen LogP contribution in [0.15, 0.2) is 17.9 Å². The van der Waals surface area contributed by atoms with Gasteiger partial charge in [-0.1, -0.05) is 34.1 Å². The van der Waals surface area contributed by atoms with Crippen LogP contribution in [-0.4, -0.2) is 109 Å². The number of aromatic amines is 1. The van der Waals surface area contributed by atoms with Gasteiger partial charge in [-0.15, -0.1) is 11.3 Å². The standard InChI is InChI=1S/C29H43N9O9S/c1-6-15(4)22(36-24(43)17(30)9-16-10-31-13-33-16)28(47)38(5)23(14(2)3)27(46)37-29-35-19(12-48-29)26(45)34-18(7-8-20(39)40)25(44)32-11-21(41)42/h10,12-15,17-18,22-23H,6-9,11,30H2,1-5H3,(H,31,33)(H,32,44)(H,34,45)(H,36,43)(H,39,40)(H,41,42)(H,35,37,46)/t15?,17?,18-,22-,23-/m0/s1. The highest BCUT2D eigenvalue weighted by atomic mass is 32.1. The second-order valence-electron chi connectivity index (χ2n) is 11.5. The number of hydrogen-bond acceptors (Lipinski definition) is 11. The molecule has 0 aliphatic rings. The molecule has 0 bridgehead atoms. The first-order chi connectivity index (χ1) is 22.5. The van der Waals surface area contributed by atoms with Crippen LogP contribution in [0.4, 0.5) is 5.13 Å². The summed E-state index contributed by atoms with van der Waals surface area (Å²) < 4.78 is 0. The van der Waals surface area contributed by atoms with E-state index in [1.807, 2.05) is 6.92 Å². The van der Waals surface area contributed by atoms with Crippen LogP contribution in [0.3, 0.4) is 0 Å². The van der Waals surface area contributed by atoms with Crippen LogP contribution in [0.1, 0.15) is 63.1 Å². The third-order valence-corrected chi connectivity index (χ3v) is 8.18. The van der Waals surface area contributed by atoms with Gasteiger partial charge in [-0.2, -0.15) is 0 Å². The van der Waals surface area contributed by atoms with E-state index in [0.29, 0.717) is 12.1 Å². The summed E-state index contributed by atoms with van der Waals surface area (Å²) in [5.74, 6) is -6.67. The van der Waals surface area contributed by atoms with Gasteiger partial charge in [0.05, 0.1) is 12.4 Å². The number of anilines is 1. The molecule has 5 atom stereocenters. The molecule has 264 valence electrons. The Kier molecular flexibility index (Phi) is 15.1. The lowest BCUT2D eigenvalue weighted by molar-refractivity contribution is -0.143. The van der Waals surface area contributed by atoms with E-state index in [2.05, 4.69) is 36.2 Å². The topological polar surface area (TPSA) is 279 Å². The van der Waals surface area contributed by atoms with Gasteiger partial charge in [0.1, 0.15) is 30.4 Å². The van der Waals surface area contributed by atoms with Gasteiger partial charge in [0.25, 0.3) is 5.91 Å². The second kappa shape index (κ2) is 18.4. The van der Waals surface area contributed by atoms with E-state index in [1.54, 1.807) is 27.0 Å². The number of nitrogens with zero attached hydrogens (tertiary/aromatic N) is 3. The third kappa shape index (κ3) is 11.7. The van der Waals surface area contributed by atoms with Gasteiger partial charge in [-0.3, -0.25) is 33.6 Å². The molecule has 0 aliphatic heterocycles. The number of carboxylic acids is 2. The Morgan fingerprint density at radius 3 is 2.27 bits per heavy atom. The molecule has 2 heterocycles. The number of likely N-dealkylation sites (N-methyl/N-ethyl adjacent to an activating group) is 1. The van der Waals surface area contributed by atoms with E-state index in [1.165, 1.54) is 23.7 Å². The summed E-state index contributed by atoms with van der Waals surface area (Å²) in [5.41, 5.74) is 6.54. The number of carbonyl (C=O) groups excluding carboxylic acids is 5. The zero-order valence-electron chi connectivity index (χ0n) is 27.3. The molecule has 0 aromatic carbocycles. The molecule has 0 aliphatic carbocycles. The number of aromatic nitrogens is 3. The van der Waals surface area contributed by atoms with Crippen molar-refractivity contribution in [1.82, 2.24) is 35.8 Å². The maximum atomic E-state index is 13.8. The molecule has 9 N–H and O–H groups in total. The van der Waals surface area contributed by atoms with Crippen molar-refractivity contribution in [3.63, 3.8) is 0 Å². The van der Waals surface area contributed by atoms with Gasteiger partial charge < -0.3 is 47.1 Å². The van der Waals surface area contributed by atoms with Gasteiger partial charge >= 0.3 is 11.9 Å². The summed E-state index contributed by atoms with van der Waals surface area (Å²) in [7, 11) is 1.45. The maximum Gasteiger partial charge on any atom is 0.322 e. The van der Waals surface area contributed by atoms with Crippen molar-refractivity contribution in [2.45, 2.75) is 77.5 Å². The third-order valence-electron chi connectivity index (χ3n) is 7.42. The fourth-order valence-electron chi connectivity index (χ4n) is 4.62. The minimum Gasteiger partial charge on any atom is -0.481 e. The molecular formula is C29H43N9O9S. The van der Waals surface area contributed by atoms with E-state index < -0.39 is 84.5 Å². The summed E-state index contributed by atoms with van der Waals surface area (Å²) in [6.45, 7) is 6.40. The zero-order valence-corrected chi connectivity index (χ0v) is 28.1. The number of imidazole rings is 1. The SMILES string of the molecule is CCC(C)[C@H](NC(=O)C(N)Cc1cnc[nH]1)C(=O)N(C)[C@H](C(=O)Nc1nc(C(=O)N[C@@H](CCC(=O)O)C(=O)NCC(=O)O)cs1)C(C)C. The number of hydrogen-bond donors (Lipinski definition) is 8. The molecule has 18 nitrogen and oxygen atoms in total. The molecule has 0 fully saturated rings. The Labute approximate surface area is 280 Å². The first-order valence-electron chi connectivity index (χ1n) is 15.1. The predicted octanol–water partition coefficient (Wildman–Crippen LogP) is -0.447. The highest BCUT2D eigenvalue weighted by molar-refractivity contribution is 7.14. The fraction of sp³-hybridized carbons (Fsp3) is 0.552. The number of H-pyrrole nitrogens is 1. The predicted molar refractivity (Wildman–Crippen MR) is 173 cm³/mol. The summed E-state index contributed by atoms with van der Waals surface area (Å²) in [5, 5.41) is 28.9. The van der Waals surface area contributed by atoms with E-state index in [-0.39, 0.29) is 29.6 Å². The van der Waals surface area contributed by atoms with Crippen LogP contribution >= 0.6 is 11.3 Å². The Balaban J connectivity index is 2.15. The normalized spacial score (nSPS) is 14.1. The Hall–Kier alpha value is -4.91. The number of nitrogens with one attached hydrogen (secondary N) is 5. The first-order valence-corrected chi connectivity index (χ1v) is 16.0. The Morgan fingerprint density at radius 2 is 1.71 bits per heavy atom. The molecule has 19 heteroatoms. The van der Waals surface area contributed by atoms with E-state index in [4.69, 9.17) is 15.9 Å². The first kappa shape index (κ1) is 39.3. The molecule has 2 aromatic rings. The van der Waals surface area contributed by atoms with Gasteiger partial charge in [0.15, 0.2) is 5.13 Å². The molecule has 48 heavy (non-hydrogen) atoms. The molecule has 0 radical (unpaired) electrons. The van der Waals surface area contributed by atoms with Crippen LogP contribution in [0.2, 0.25) is 0 Å². The molecule has 0 saturated carbocycles. The van der Waals surface area contributed by atoms with Crippen LogP contribution in [-0.2, 0) is 35.2 Å². The van der Waals surface area contributed by atoms with Gasteiger partial charge in [0, 0.05) is 37.2 Å². The average Bonchev–Trinajstić information content (AvgIpc) is 3.71. The number of rotatable bonds is 19. The monoisotopic (exact) mass is 693 g/mol. The lowest BCUT2D eigenvalue weighted by atomic mass is 9.95. The van der Waals surface area contributed by atoms with Crippen LogP contribution < -0.4 is 27.0 Å². The number of amides is 5. The largest absolute Gasteiger partial charge is 0.481 e. The molecule has 2 rings (SSSR count). The van der Waals surface area contributed by atoms with Crippen molar-refractivity contribution in [3.05, 3.63) is 29.3 Å². The van der Waals surface area contributed by atoms with Gasteiger partial charge in [-0.25, -0.2) is 9.97 Å². The van der Waals surface area contributed by atoms with Crippen molar-refractivity contribution in [2.24, 2.45) is 17.6 Å². The maximum absolute atomic E-state index is 13.8. The number of thiazole rings is 1. The van der Waals surface area contributed by atoms with Crippen molar-refractivity contribution >= 4 is 57.9 Å². The van der Waals surface area contributed by atoms with Crippen LogP contribution in [0.5, 0.6) is 0 Å². The van der Waals surface area contributed by atoms with Gasteiger partial charge in [0.2, 0.25) is 23.6 Å². The van der Waals surface area contributed by atoms with Crippen LogP contribution in [0, 0.1) is 11.8 Å². The Bertz CT molecular complexity index is 1450. The molecule has 2 unspecified atom stereocenters. The van der Waals surface area contributed by atoms with Gasteiger partial charge in [-0.05, 0) is 18.3 Å². The lowest BCUT2D eigenvalue weighted by Gasteiger charge is -2.34. The van der Waals surface area contributed by atoms with Crippen molar-refractivity contribution in [2.75, 3.05) is 18.9 Å². The zero-order chi connectivity index (χ0) is 36.1. The summed E-state index contributed by atoms with van der Waals surface area (Å²) in [6.07, 6.45) is 2.93. The molecule has 0 saturated heterocycles. The average molecular weight is 694 g/mol. The number of carboxylic acid groups (broad SMARTS) is 2. The van der Waals surface area contributed by atoms with E-state index in [0.717, 1.165) is 11.3 Å². The van der Waals surface area contributed by atoms with Crippen molar-refractivity contribution in [1.29, 1.82) is 0 Å². The summed E-state index contributed by atoms with van der Waals surface area (Å²) >= 11 is 0.893. The highest BCUT2D eigenvalue weighted by Gasteiger charge is 2.37. The minimum atomic E-state index is -1.36. The number of aliphatic carboxylic acids is 2. The fourth-order valence-corrected chi connectivity index (χ4v) is 5.31. The van der Waals surface area contributed by atoms with Crippen LogP contribution in [0.25, 0.3) is 0 Å². The molecular weight excluding hydrogens is 650 g/mol. The summed E-state index contributed by atoms with van der Waals surface area (Å²) in [4.78, 5) is 99.4. The molecule has 2 aromatic heterocycles. The van der Waals surface area contributed by atoms with Crippen molar-refractivity contribution in [3.8, 4) is 0 Å². The second-order valence-corrected chi connectivity index (χ2v) is 12.4. The summed E-state index contributed by atoms with van der Waals surface area (Å²) in [6, 6.07) is -4.32.